The van der Waals surface area contributed by atoms with Crippen LogP contribution in [-0.2, 0) is 0 Å². The van der Waals surface area contributed by atoms with Gasteiger partial charge in [-0.1, -0.05) is 0 Å². The van der Waals surface area contributed by atoms with Crippen LogP contribution in [0.5, 0.6) is 0 Å². The Balaban J connectivity index is 2.76. The lowest BCUT2D eigenvalue weighted by Gasteiger charge is -2.21. The molecule has 0 aliphatic heterocycles. The Morgan fingerprint density at radius 1 is 1.56 bits per heavy atom. The summed E-state index contributed by atoms with van der Waals surface area (Å²) in [5.74, 6) is -0.132. The second-order valence-electron chi connectivity index (χ2n) is 4.29. The number of aliphatic hydroxyl groups is 1. The molecule has 1 aromatic rings. The number of nitrogen functional groups attached to an aromatic ring is 1. The summed E-state index contributed by atoms with van der Waals surface area (Å²) in [7, 11) is 0. The summed E-state index contributed by atoms with van der Waals surface area (Å²) in [6, 6.07) is 5.12. The van der Waals surface area contributed by atoms with Crippen LogP contribution in [0.4, 0.5) is 5.69 Å². The zero-order valence-electron chi connectivity index (χ0n) is 10.9. The van der Waals surface area contributed by atoms with Crippen molar-refractivity contribution in [2.24, 2.45) is 0 Å². The Kier molecular flexibility index (Phi) is 5.50. The van der Waals surface area contributed by atoms with Crippen molar-refractivity contribution < 1.29 is 9.90 Å². The van der Waals surface area contributed by atoms with E-state index in [0.29, 0.717) is 11.3 Å². The molecule has 18 heavy (non-hydrogen) atoms. The number of aryl methyl sites for hydroxylation is 1. The van der Waals surface area contributed by atoms with Gasteiger partial charge in [-0.3, -0.25) is 4.79 Å². The first-order chi connectivity index (χ1) is 8.49. The van der Waals surface area contributed by atoms with E-state index in [1.807, 2.05) is 20.1 Å². The molecule has 2 unspecified atom stereocenters. The minimum atomic E-state index is -0.132. The molecule has 5 heteroatoms. The summed E-state index contributed by atoms with van der Waals surface area (Å²) >= 11 is 1.54. The van der Waals surface area contributed by atoms with E-state index >= 15 is 0 Å². The van der Waals surface area contributed by atoms with E-state index in [4.69, 9.17) is 5.73 Å². The van der Waals surface area contributed by atoms with Gasteiger partial charge in [-0.25, -0.2) is 0 Å². The van der Waals surface area contributed by atoms with Crippen molar-refractivity contribution in [2.45, 2.75) is 25.1 Å². The fourth-order valence-corrected chi connectivity index (χ4v) is 2.38. The van der Waals surface area contributed by atoms with E-state index in [1.54, 1.807) is 18.2 Å². The van der Waals surface area contributed by atoms with Crippen LogP contribution in [0.25, 0.3) is 0 Å². The van der Waals surface area contributed by atoms with Crippen LogP contribution < -0.4 is 11.1 Å². The molecule has 2 atom stereocenters. The number of rotatable bonds is 5. The molecule has 0 fully saturated rings. The van der Waals surface area contributed by atoms with E-state index in [2.05, 4.69) is 5.32 Å². The highest BCUT2D eigenvalue weighted by Gasteiger charge is 2.18. The topological polar surface area (TPSA) is 75.3 Å². The van der Waals surface area contributed by atoms with Gasteiger partial charge in [0.2, 0.25) is 0 Å². The first-order valence-corrected chi connectivity index (χ1v) is 7.09. The van der Waals surface area contributed by atoms with Gasteiger partial charge in [-0.05, 0) is 43.9 Å². The van der Waals surface area contributed by atoms with Crippen molar-refractivity contribution in [1.29, 1.82) is 0 Å². The molecule has 0 spiro atoms. The first-order valence-electron chi connectivity index (χ1n) is 5.80. The predicted octanol–water partition coefficient (Wildman–Crippen LogP) is 1.42. The lowest BCUT2D eigenvalue weighted by atomic mass is 10.1. The van der Waals surface area contributed by atoms with Crippen LogP contribution in [0, 0.1) is 6.92 Å². The number of hydrogen-bond donors (Lipinski definition) is 3. The number of aliphatic hydroxyl groups excluding tert-OH is 1. The van der Waals surface area contributed by atoms with Crippen LogP contribution in [-0.4, -0.2) is 35.2 Å². The largest absolute Gasteiger partial charge is 0.399 e. The van der Waals surface area contributed by atoms with Crippen LogP contribution in [0.2, 0.25) is 0 Å². The van der Waals surface area contributed by atoms with Gasteiger partial charge in [0.05, 0.1) is 6.61 Å². The standard InChI is InChI=1S/C13H20N2O2S/c1-8-6-10(14)4-5-11(8)13(17)15-9(2)12(7-16)18-3/h4-6,9,12,16H,7,14H2,1-3H3,(H,15,17). The van der Waals surface area contributed by atoms with E-state index in [9.17, 15) is 9.90 Å². The summed E-state index contributed by atoms with van der Waals surface area (Å²) in [5, 5.41) is 12.1. The van der Waals surface area contributed by atoms with Crippen LogP contribution in [0.1, 0.15) is 22.8 Å². The molecule has 0 aliphatic carbocycles. The molecular formula is C13H20N2O2S. The van der Waals surface area contributed by atoms with Gasteiger partial charge < -0.3 is 16.2 Å². The third-order valence-electron chi connectivity index (χ3n) is 2.89. The maximum absolute atomic E-state index is 12.1. The molecule has 0 aromatic heterocycles. The highest BCUT2D eigenvalue weighted by molar-refractivity contribution is 7.99. The number of hydrogen-bond acceptors (Lipinski definition) is 4. The van der Waals surface area contributed by atoms with Crippen LogP contribution in [0.15, 0.2) is 18.2 Å². The SMILES string of the molecule is CSC(CO)C(C)NC(=O)c1ccc(N)cc1C. The van der Waals surface area contributed by atoms with Crippen molar-refractivity contribution >= 4 is 23.4 Å². The second kappa shape index (κ2) is 6.66. The summed E-state index contributed by atoms with van der Waals surface area (Å²) in [4.78, 5) is 12.1. The van der Waals surface area contributed by atoms with Gasteiger partial charge in [0, 0.05) is 22.5 Å². The Labute approximate surface area is 112 Å². The fraction of sp³-hybridized carbons (Fsp3) is 0.462. The summed E-state index contributed by atoms with van der Waals surface area (Å²) < 4.78 is 0. The molecule has 0 saturated heterocycles. The zero-order chi connectivity index (χ0) is 13.7. The summed E-state index contributed by atoms with van der Waals surface area (Å²) in [6.45, 7) is 3.79. The maximum Gasteiger partial charge on any atom is 0.251 e. The lowest BCUT2D eigenvalue weighted by molar-refractivity contribution is 0.0935. The predicted molar refractivity (Wildman–Crippen MR) is 76.9 cm³/mol. The number of nitrogens with one attached hydrogen (secondary N) is 1. The van der Waals surface area contributed by atoms with Crippen molar-refractivity contribution in [3.8, 4) is 0 Å². The smallest absolute Gasteiger partial charge is 0.251 e. The van der Waals surface area contributed by atoms with Crippen molar-refractivity contribution in [2.75, 3.05) is 18.6 Å². The first kappa shape index (κ1) is 14.9. The van der Waals surface area contributed by atoms with Crippen molar-refractivity contribution in [1.82, 2.24) is 5.32 Å². The Bertz CT molecular complexity index is 419. The molecule has 4 N–H and O–H groups in total. The average molecular weight is 268 g/mol. The quantitative estimate of drug-likeness (QED) is 0.706. The van der Waals surface area contributed by atoms with Crippen molar-refractivity contribution in [3.63, 3.8) is 0 Å². The Hall–Kier alpha value is -1.20. The molecule has 0 aliphatic rings. The number of nitrogens with two attached hydrogens (primary N) is 1. The van der Waals surface area contributed by atoms with E-state index < -0.39 is 0 Å². The third kappa shape index (κ3) is 3.65. The highest BCUT2D eigenvalue weighted by Crippen LogP contribution is 2.14. The molecule has 100 valence electrons. The van der Waals surface area contributed by atoms with Crippen LogP contribution >= 0.6 is 11.8 Å². The molecule has 0 bridgehead atoms. The van der Waals surface area contributed by atoms with Gasteiger partial charge >= 0.3 is 0 Å². The third-order valence-corrected chi connectivity index (χ3v) is 4.06. The molecule has 1 rings (SSSR count). The van der Waals surface area contributed by atoms with Crippen molar-refractivity contribution in [3.05, 3.63) is 29.3 Å². The molecule has 1 amide bonds. The minimum Gasteiger partial charge on any atom is -0.399 e. The average Bonchev–Trinajstić information content (AvgIpc) is 2.30. The second-order valence-corrected chi connectivity index (χ2v) is 5.37. The van der Waals surface area contributed by atoms with Crippen LogP contribution in [0.3, 0.4) is 0 Å². The molecule has 4 nitrogen and oxygen atoms in total. The lowest BCUT2D eigenvalue weighted by Crippen LogP contribution is -2.41. The fourth-order valence-electron chi connectivity index (χ4n) is 1.76. The normalized spacial score (nSPS) is 14.0. The number of carbonyl (C=O) groups is 1. The number of carbonyl (C=O) groups excluding carboxylic acids is 1. The Morgan fingerprint density at radius 3 is 2.72 bits per heavy atom. The molecule has 0 radical (unpaired) electrons. The monoisotopic (exact) mass is 268 g/mol. The van der Waals surface area contributed by atoms with Gasteiger partial charge in [0.25, 0.3) is 5.91 Å². The number of anilines is 1. The number of benzene rings is 1. The van der Waals surface area contributed by atoms with E-state index in [0.717, 1.165) is 5.56 Å². The molecular weight excluding hydrogens is 248 g/mol. The van der Waals surface area contributed by atoms with Gasteiger partial charge in [0.1, 0.15) is 0 Å². The summed E-state index contributed by atoms with van der Waals surface area (Å²) in [5.41, 5.74) is 7.77. The van der Waals surface area contributed by atoms with E-state index in [1.165, 1.54) is 11.8 Å². The maximum atomic E-state index is 12.1. The number of thioether (sulfide) groups is 1. The zero-order valence-corrected chi connectivity index (χ0v) is 11.8. The highest BCUT2D eigenvalue weighted by atomic mass is 32.2. The molecule has 0 saturated carbocycles. The Morgan fingerprint density at radius 2 is 2.22 bits per heavy atom. The van der Waals surface area contributed by atoms with Gasteiger partial charge in [-0.2, -0.15) is 11.8 Å². The molecule has 0 heterocycles. The van der Waals surface area contributed by atoms with E-state index in [-0.39, 0.29) is 23.8 Å². The van der Waals surface area contributed by atoms with Gasteiger partial charge in [0.15, 0.2) is 0 Å². The summed E-state index contributed by atoms with van der Waals surface area (Å²) in [6.07, 6.45) is 1.91. The molecule has 1 aromatic carbocycles. The minimum absolute atomic E-state index is 0.00281. The van der Waals surface area contributed by atoms with Gasteiger partial charge in [-0.15, -0.1) is 0 Å². The number of amides is 1.